The Morgan fingerprint density at radius 1 is 1.26 bits per heavy atom. The summed E-state index contributed by atoms with van der Waals surface area (Å²) in [6, 6.07) is 6.61. The van der Waals surface area contributed by atoms with Crippen LogP contribution in [0.3, 0.4) is 0 Å². The second-order valence-electron chi connectivity index (χ2n) is 5.09. The zero-order chi connectivity index (χ0) is 13.2. The van der Waals surface area contributed by atoms with E-state index < -0.39 is 0 Å². The fourth-order valence-corrected chi connectivity index (χ4v) is 3.47. The summed E-state index contributed by atoms with van der Waals surface area (Å²) in [6.07, 6.45) is 0.878. The molecule has 102 valence electrons. The van der Waals surface area contributed by atoms with E-state index in [-0.39, 0.29) is 0 Å². The zero-order valence-electron chi connectivity index (χ0n) is 11.3. The molecular formula is C14H20N4S. The largest absolute Gasteiger partial charge is 0.369 e. The Balaban J connectivity index is 1.84. The Labute approximate surface area is 117 Å². The van der Waals surface area contributed by atoms with Gasteiger partial charge in [-0.2, -0.15) is 0 Å². The predicted molar refractivity (Wildman–Crippen MR) is 82.1 cm³/mol. The lowest BCUT2D eigenvalue weighted by Crippen LogP contribution is -2.44. The normalized spacial score (nSPS) is 17.3. The molecule has 2 N–H and O–H groups in total. The van der Waals surface area contributed by atoms with Gasteiger partial charge in [-0.05, 0) is 31.8 Å². The third-order valence-corrected chi connectivity index (χ3v) is 4.72. The highest BCUT2D eigenvalue weighted by Crippen LogP contribution is 2.27. The molecule has 0 spiro atoms. The van der Waals surface area contributed by atoms with Crippen LogP contribution in [0.25, 0.3) is 10.2 Å². The van der Waals surface area contributed by atoms with Crippen molar-refractivity contribution in [1.29, 1.82) is 0 Å². The molecule has 1 aromatic heterocycles. The third-order valence-electron chi connectivity index (χ3n) is 3.64. The summed E-state index contributed by atoms with van der Waals surface area (Å²) in [6.45, 7) is 5.16. The summed E-state index contributed by atoms with van der Waals surface area (Å²) < 4.78 is 1.28. The van der Waals surface area contributed by atoms with Crippen LogP contribution in [0.1, 0.15) is 5.01 Å². The molecule has 0 saturated carbocycles. The molecule has 1 aliphatic heterocycles. The Hall–Kier alpha value is -1.17. The highest BCUT2D eigenvalue weighted by Gasteiger charge is 2.15. The van der Waals surface area contributed by atoms with Gasteiger partial charge >= 0.3 is 0 Å². The maximum Gasteiger partial charge on any atom is 0.0951 e. The summed E-state index contributed by atoms with van der Waals surface area (Å²) in [5.41, 5.74) is 8.02. The number of anilines is 1. The van der Waals surface area contributed by atoms with Gasteiger partial charge in [0.15, 0.2) is 0 Å². The Morgan fingerprint density at radius 2 is 2.05 bits per heavy atom. The SMILES string of the molecule is CN1CCN(c2ccc3nc(CCN)sc3c2)CC1. The Kier molecular flexibility index (Phi) is 3.68. The van der Waals surface area contributed by atoms with E-state index in [1.165, 1.54) is 10.4 Å². The monoisotopic (exact) mass is 276 g/mol. The van der Waals surface area contributed by atoms with E-state index in [1.807, 2.05) is 0 Å². The van der Waals surface area contributed by atoms with Crippen LogP contribution < -0.4 is 10.6 Å². The first-order valence-corrected chi connectivity index (χ1v) is 7.61. The minimum absolute atomic E-state index is 0.672. The van der Waals surface area contributed by atoms with E-state index in [2.05, 4.69) is 40.0 Å². The highest BCUT2D eigenvalue weighted by atomic mass is 32.1. The van der Waals surface area contributed by atoms with Crippen LogP contribution in [0.5, 0.6) is 0 Å². The van der Waals surface area contributed by atoms with Gasteiger partial charge in [0.2, 0.25) is 0 Å². The average molecular weight is 276 g/mol. The number of aromatic nitrogens is 1. The number of rotatable bonds is 3. The molecule has 1 saturated heterocycles. The highest BCUT2D eigenvalue weighted by molar-refractivity contribution is 7.18. The van der Waals surface area contributed by atoms with Crippen LogP contribution in [0, 0.1) is 0 Å². The molecule has 2 heterocycles. The van der Waals surface area contributed by atoms with Crippen molar-refractivity contribution in [2.75, 3.05) is 44.7 Å². The van der Waals surface area contributed by atoms with Crippen molar-refractivity contribution in [3.05, 3.63) is 23.2 Å². The molecule has 2 aromatic rings. The van der Waals surface area contributed by atoms with Crippen molar-refractivity contribution < 1.29 is 0 Å². The van der Waals surface area contributed by atoms with Crippen molar-refractivity contribution in [3.8, 4) is 0 Å². The van der Waals surface area contributed by atoms with E-state index >= 15 is 0 Å². The first-order valence-electron chi connectivity index (χ1n) is 6.79. The van der Waals surface area contributed by atoms with E-state index in [9.17, 15) is 0 Å². The maximum atomic E-state index is 5.60. The lowest BCUT2D eigenvalue weighted by atomic mass is 10.2. The quantitative estimate of drug-likeness (QED) is 0.924. The average Bonchev–Trinajstić information content (AvgIpc) is 2.81. The number of likely N-dealkylation sites (N-methyl/N-ethyl adjacent to an activating group) is 1. The minimum Gasteiger partial charge on any atom is -0.369 e. The van der Waals surface area contributed by atoms with Crippen molar-refractivity contribution in [3.63, 3.8) is 0 Å². The van der Waals surface area contributed by atoms with E-state index in [1.54, 1.807) is 11.3 Å². The number of benzene rings is 1. The number of nitrogens with two attached hydrogens (primary N) is 1. The summed E-state index contributed by atoms with van der Waals surface area (Å²) in [5, 5.41) is 1.15. The second-order valence-corrected chi connectivity index (χ2v) is 6.20. The Bertz CT molecular complexity index is 558. The smallest absolute Gasteiger partial charge is 0.0951 e. The standard InChI is InChI=1S/C14H20N4S/c1-17-6-8-18(9-7-17)11-2-3-12-13(10-11)19-14(16-12)4-5-15/h2-3,10H,4-9,15H2,1H3. The van der Waals surface area contributed by atoms with Crippen molar-refractivity contribution >= 4 is 27.2 Å². The Morgan fingerprint density at radius 3 is 2.79 bits per heavy atom. The number of fused-ring (bicyclic) bond motifs is 1. The number of piperazine rings is 1. The zero-order valence-corrected chi connectivity index (χ0v) is 12.1. The van der Waals surface area contributed by atoms with E-state index in [0.29, 0.717) is 6.54 Å². The van der Waals surface area contributed by atoms with Gasteiger partial charge in [-0.3, -0.25) is 0 Å². The molecule has 1 aromatic carbocycles. The fourth-order valence-electron chi connectivity index (χ4n) is 2.45. The summed E-state index contributed by atoms with van der Waals surface area (Å²) in [5.74, 6) is 0. The van der Waals surface area contributed by atoms with Crippen molar-refractivity contribution in [1.82, 2.24) is 9.88 Å². The molecule has 0 aliphatic carbocycles. The van der Waals surface area contributed by atoms with Gasteiger partial charge < -0.3 is 15.5 Å². The van der Waals surface area contributed by atoms with Crippen LogP contribution >= 0.6 is 11.3 Å². The van der Waals surface area contributed by atoms with Gasteiger partial charge in [0.1, 0.15) is 0 Å². The van der Waals surface area contributed by atoms with Crippen LogP contribution in [0.15, 0.2) is 18.2 Å². The lowest BCUT2D eigenvalue weighted by Gasteiger charge is -2.34. The predicted octanol–water partition coefficient (Wildman–Crippen LogP) is 1.55. The second kappa shape index (κ2) is 5.45. The van der Waals surface area contributed by atoms with Crippen LogP contribution in [-0.2, 0) is 6.42 Å². The first kappa shape index (κ1) is 12.8. The van der Waals surface area contributed by atoms with Crippen LogP contribution in [0.4, 0.5) is 5.69 Å². The molecule has 0 amide bonds. The molecule has 5 heteroatoms. The van der Waals surface area contributed by atoms with E-state index in [4.69, 9.17) is 5.73 Å². The molecule has 19 heavy (non-hydrogen) atoms. The maximum absolute atomic E-state index is 5.60. The van der Waals surface area contributed by atoms with Gasteiger partial charge in [-0.1, -0.05) is 0 Å². The van der Waals surface area contributed by atoms with Crippen LogP contribution in [-0.4, -0.2) is 49.7 Å². The van der Waals surface area contributed by atoms with Gasteiger partial charge in [0, 0.05) is 38.3 Å². The topological polar surface area (TPSA) is 45.4 Å². The number of hydrogen-bond donors (Lipinski definition) is 1. The number of hydrogen-bond acceptors (Lipinski definition) is 5. The molecule has 0 unspecified atom stereocenters. The first-order chi connectivity index (χ1) is 9.26. The molecular weight excluding hydrogens is 256 g/mol. The van der Waals surface area contributed by atoms with Crippen LogP contribution in [0.2, 0.25) is 0 Å². The molecule has 4 nitrogen and oxygen atoms in total. The molecule has 3 rings (SSSR count). The third kappa shape index (κ3) is 2.73. The minimum atomic E-state index is 0.672. The van der Waals surface area contributed by atoms with Gasteiger partial charge in [0.25, 0.3) is 0 Å². The van der Waals surface area contributed by atoms with Crippen molar-refractivity contribution in [2.45, 2.75) is 6.42 Å². The van der Waals surface area contributed by atoms with E-state index in [0.717, 1.165) is 43.1 Å². The van der Waals surface area contributed by atoms with Gasteiger partial charge in [-0.15, -0.1) is 11.3 Å². The summed E-state index contributed by atoms with van der Waals surface area (Å²) >= 11 is 1.77. The van der Waals surface area contributed by atoms with Crippen molar-refractivity contribution in [2.24, 2.45) is 5.73 Å². The molecule has 0 bridgehead atoms. The molecule has 1 fully saturated rings. The number of thiazole rings is 1. The summed E-state index contributed by atoms with van der Waals surface area (Å²) in [7, 11) is 2.18. The van der Waals surface area contributed by atoms with Gasteiger partial charge in [-0.25, -0.2) is 4.98 Å². The molecule has 1 aliphatic rings. The number of nitrogens with zero attached hydrogens (tertiary/aromatic N) is 3. The molecule has 0 atom stereocenters. The lowest BCUT2D eigenvalue weighted by molar-refractivity contribution is 0.313. The van der Waals surface area contributed by atoms with Gasteiger partial charge in [0.05, 0.1) is 15.2 Å². The summed E-state index contributed by atoms with van der Waals surface area (Å²) in [4.78, 5) is 9.45. The fraction of sp³-hybridized carbons (Fsp3) is 0.500. The molecule has 0 radical (unpaired) electrons.